The van der Waals surface area contributed by atoms with E-state index in [1.165, 1.54) is 4.90 Å². The first-order valence-electron chi connectivity index (χ1n) is 5.99. The van der Waals surface area contributed by atoms with Crippen LogP contribution in [0.3, 0.4) is 0 Å². The zero-order valence-electron chi connectivity index (χ0n) is 10.3. The molecule has 0 unspecified atom stereocenters. The molecule has 1 N–H and O–H groups in total. The predicted octanol–water partition coefficient (Wildman–Crippen LogP) is 1.09. The lowest BCUT2D eigenvalue weighted by atomic mass is 10.3. The van der Waals surface area contributed by atoms with E-state index in [4.69, 9.17) is 17.0 Å². The van der Waals surface area contributed by atoms with Crippen molar-refractivity contribution in [2.75, 3.05) is 13.2 Å². The van der Waals surface area contributed by atoms with Crippen molar-refractivity contribution in [1.29, 1.82) is 0 Å². The number of benzene rings is 1. The first-order valence-corrected chi connectivity index (χ1v) is 6.39. The second-order valence-corrected chi connectivity index (χ2v) is 4.48. The third kappa shape index (κ3) is 3.75. The summed E-state index contributed by atoms with van der Waals surface area (Å²) in [6.07, 6.45) is 0.510. The minimum Gasteiger partial charge on any atom is -0.494 e. The highest BCUT2D eigenvalue weighted by atomic mass is 32.1. The van der Waals surface area contributed by atoms with Crippen LogP contribution >= 0.6 is 12.2 Å². The number of thiocarbonyl (C=S) groups is 1. The van der Waals surface area contributed by atoms with Gasteiger partial charge in [-0.3, -0.25) is 14.5 Å². The largest absolute Gasteiger partial charge is 0.494 e. The molecule has 1 aliphatic rings. The van der Waals surface area contributed by atoms with E-state index in [0.29, 0.717) is 19.6 Å². The van der Waals surface area contributed by atoms with E-state index in [1.54, 1.807) is 0 Å². The Kier molecular flexibility index (Phi) is 4.46. The van der Waals surface area contributed by atoms with Gasteiger partial charge >= 0.3 is 0 Å². The van der Waals surface area contributed by atoms with Gasteiger partial charge in [0.1, 0.15) is 12.2 Å². The van der Waals surface area contributed by atoms with Gasteiger partial charge in [0.2, 0.25) is 11.8 Å². The number of para-hydroxylation sites is 1. The minimum atomic E-state index is -0.341. The van der Waals surface area contributed by atoms with Crippen molar-refractivity contribution in [3.63, 3.8) is 0 Å². The normalized spacial score (nSPS) is 15.4. The zero-order valence-corrected chi connectivity index (χ0v) is 11.1. The number of carbonyl (C=O) groups is 2. The first kappa shape index (κ1) is 13.5. The van der Waals surface area contributed by atoms with Gasteiger partial charge in [0, 0.05) is 6.54 Å². The van der Waals surface area contributed by atoms with E-state index < -0.39 is 0 Å². The topological polar surface area (TPSA) is 58.6 Å². The number of hydrogen-bond acceptors (Lipinski definition) is 4. The summed E-state index contributed by atoms with van der Waals surface area (Å²) >= 11 is 4.96. The van der Waals surface area contributed by atoms with E-state index >= 15 is 0 Å². The third-order valence-corrected chi connectivity index (χ3v) is 2.96. The van der Waals surface area contributed by atoms with Gasteiger partial charge in [0.25, 0.3) is 0 Å². The molecule has 1 aliphatic heterocycles. The fraction of sp³-hybridized carbons (Fsp3) is 0.308. The average Bonchev–Trinajstić information content (AvgIpc) is 2.38. The van der Waals surface area contributed by atoms with Crippen LogP contribution in [-0.2, 0) is 9.59 Å². The molecule has 2 amide bonds. The lowest BCUT2D eigenvalue weighted by molar-refractivity contribution is -0.134. The highest BCUT2D eigenvalue weighted by molar-refractivity contribution is 7.80. The van der Waals surface area contributed by atoms with Crippen molar-refractivity contribution in [1.82, 2.24) is 10.2 Å². The lowest BCUT2D eigenvalue weighted by Crippen LogP contribution is -2.52. The Morgan fingerprint density at radius 3 is 2.68 bits per heavy atom. The van der Waals surface area contributed by atoms with Gasteiger partial charge in [0.15, 0.2) is 5.11 Å². The molecular formula is C13H14N2O3S. The average molecular weight is 278 g/mol. The van der Waals surface area contributed by atoms with E-state index in [-0.39, 0.29) is 23.3 Å². The van der Waals surface area contributed by atoms with Gasteiger partial charge in [-0.05, 0) is 30.8 Å². The molecule has 1 aromatic rings. The summed E-state index contributed by atoms with van der Waals surface area (Å²) in [6, 6.07) is 9.45. The molecule has 19 heavy (non-hydrogen) atoms. The Balaban J connectivity index is 1.75. The molecule has 100 valence electrons. The number of nitrogens with zero attached hydrogens (tertiary/aromatic N) is 1. The first-order chi connectivity index (χ1) is 9.16. The van der Waals surface area contributed by atoms with E-state index in [0.717, 1.165) is 5.75 Å². The molecule has 0 radical (unpaired) electrons. The van der Waals surface area contributed by atoms with Crippen LogP contribution in [0.2, 0.25) is 0 Å². The van der Waals surface area contributed by atoms with Crippen molar-refractivity contribution in [3.8, 4) is 5.75 Å². The van der Waals surface area contributed by atoms with Crippen molar-refractivity contribution in [2.45, 2.75) is 12.8 Å². The molecule has 5 nitrogen and oxygen atoms in total. The molecule has 1 saturated heterocycles. The molecular weight excluding hydrogens is 264 g/mol. The fourth-order valence-electron chi connectivity index (χ4n) is 1.73. The van der Waals surface area contributed by atoms with Crippen molar-refractivity contribution in [3.05, 3.63) is 30.3 Å². The van der Waals surface area contributed by atoms with Crippen LogP contribution in [0.4, 0.5) is 0 Å². The maximum atomic E-state index is 11.6. The third-order valence-electron chi connectivity index (χ3n) is 2.64. The summed E-state index contributed by atoms with van der Waals surface area (Å²) in [4.78, 5) is 24.1. The number of ether oxygens (including phenoxy) is 1. The molecule has 0 atom stereocenters. The predicted molar refractivity (Wildman–Crippen MR) is 73.6 cm³/mol. The summed E-state index contributed by atoms with van der Waals surface area (Å²) in [7, 11) is 0. The summed E-state index contributed by atoms with van der Waals surface area (Å²) < 4.78 is 5.52. The zero-order chi connectivity index (χ0) is 13.7. The maximum Gasteiger partial charge on any atom is 0.238 e. The fourth-order valence-corrected chi connectivity index (χ4v) is 2.04. The quantitative estimate of drug-likeness (QED) is 0.497. The Morgan fingerprint density at radius 1 is 1.26 bits per heavy atom. The molecule has 0 aliphatic carbocycles. The highest BCUT2D eigenvalue weighted by Gasteiger charge is 2.27. The van der Waals surface area contributed by atoms with Crippen LogP contribution in [0.15, 0.2) is 30.3 Å². The molecule has 0 spiro atoms. The van der Waals surface area contributed by atoms with Crippen molar-refractivity contribution < 1.29 is 14.3 Å². The smallest absolute Gasteiger partial charge is 0.238 e. The lowest BCUT2D eigenvalue weighted by Gasteiger charge is -2.27. The van der Waals surface area contributed by atoms with Gasteiger partial charge in [0.05, 0.1) is 6.61 Å². The van der Waals surface area contributed by atoms with Crippen molar-refractivity contribution in [2.24, 2.45) is 0 Å². The number of amides is 2. The number of nitrogens with one attached hydrogen (secondary N) is 1. The Hall–Kier alpha value is -1.95. The Bertz CT molecular complexity index is 470. The Labute approximate surface area is 116 Å². The molecule has 1 aromatic carbocycles. The molecule has 6 heteroatoms. The van der Waals surface area contributed by atoms with Crippen LogP contribution in [-0.4, -0.2) is 35.0 Å². The van der Waals surface area contributed by atoms with Crippen LogP contribution in [0.1, 0.15) is 12.8 Å². The molecule has 1 fully saturated rings. The SMILES string of the molecule is O=C1CC(=O)N(CCCOc2ccccc2)C(=S)N1. The van der Waals surface area contributed by atoms with Crippen LogP contribution in [0, 0.1) is 0 Å². The van der Waals surface area contributed by atoms with Gasteiger partial charge < -0.3 is 10.1 Å². The van der Waals surface area contributed by atoms with Crippen molar-refractivity contribution >= 4 is 29.1 Å². The molecule has 0 bridgehead atoms. The van der Waals surface area contributed by atoms with Gasteiger partial charge in [-0.15, -0.1) is 0 Å². The van der Waals surface area contributed by atoms with E-state index in [9.17, 15) is 9.59 Å². The number of rotatable bonds is 5. The maximum absolute atomic E-state index is 11.6. The second kappa shape index (κ2) is 6.29. The summed E-state index contributed by atoms with van der Waals surface area (Å²) in [5, 5.41) is 2.66. The molecule has 0 aromatic heterocycles. The highest BCUT2D eigenvalue weighted by Crippen LogP contribution is 2.09. The molecule has 0 saturated carbocycles. The van der Waals surface area contributed by atoms with Gasteiger partial charge in [-0.25, -0.2) is 0 Å². The minimum absolute atomic E-state index is 0.139. The number of hydrogen-bond donors (Lipinski definition) is 1. The van der Waals surface area contributed by atoms with Crippen LogP contribution in [0.25, 0.3) is 0 Å². The molecule has 1 heterocycles. The second-order valence-electron chi connectivity index (χ2n) is 4.09. The Morgan fingerprint density at radius 2 is 2.00 bits per heavy atom. The van der Waals surface area contributed by atoms with Gasteiger partial charge in [-0.2, -0.15) is 0 Å². The summed E-state index contributed by atoms with van der Waals surface area (Å²) in [5.74, 6) is 0.198. The monoisotopic (exact) mass is 278 g/mol. The number of carbonyl (C=O) groups excluding carboxylic acids is 2. The summed E-state index contributed by atoms with van der Waals surface area (Å²) in [6.45, 7) is 0.940. The summed E-state index contributed by atoms with van der Waals surface area (Å²) in [5.41, 5.74) is 0. The van der Waals surface area contributed by atoms with Gasteiger partial charge in [-0.1, -0.05) is 18.2 Å². The van der Waals surface area contributed by atoms with Crippen LogP contribution in [0.5, 0.6) is 5.75 Å². The van der Waals surface area contributed by atoms with Crippen LogP contribution < -0.4 is 10.1 Å². The van der Waals surface area contributed by atoms with E-state index in [1.807, 2.05) is 30.3 Å². The van der Waals surface area contributed by atoms with E-state index in [2.05, 4.69) is 5.32 Å². The molecule has 2 rings (SSSR count). The standard InChI is InChI=1S/C13H14N2O3S/c16-11-9-12(17)15(13(19)14-11)7-4-8-18-10-5-2-1-3-6-10/h1-3,5-6H,4,7-9H2,(H,14,16,19).